The molecule has 12 heteroatoms. The molecular weight excluding hydrogens is 477 g/mol. The maximum Gasteiger partial charge on any atom is 0.416 e. The predicted molar refractivity (Wildman–Crippen MR) is 115 cm³/mol. The van der Waals surface area contributed by atoms with Gasteiger partial charge in [-0.1, -0.05) is 12.1 Å². The normalized spacial score (nSPS) is 11.4. The van der Waals surface area contributed by atoms with E-state index in [-0.39, 0.29) is 35.8 Å². The van der Waals surface area contributed by atoms with Crippen molar-refractivity contribution in [3.05, 3.63) is 81.3 Å². The van der Waals surface area contributed by atoms with Crippen LogP contribution in [0, 0.1) is 6.92 Å². The van der Waals surface area contributed by atoms with Crippen LogP contribution in [0.5, 0.6) is 11.5 Å². The van der Waals surface area contributed by atoms with Crippen molar-refractivity contribution in [1.29, 1.82) is 0 Å². The summed E-state index contributed by atoms with van der Waals surface area (Å²) in [5.74, 6) is -0.902. The van der Waals surface area contributed by atoms with E-state index >= 15 is 0 Å². The molecular formula is C23H20F5N3O4. The van der Waals surface area contributed by atoms with Crippen molar-refractivity contribution < 1.29 is 36.2 Å². The van der Waals surface area contributed by atoms with Gasteiger partial charge in [-0.05, 0) is 49.2 Å². The van der Waals surface area contributed by atoms with E-state index in [9.17, 15) is 31.5 Å². The zero-order valence-electron chi connectivity index (χ0n) is 18.5. The summed E-state index contributed by atoms with van der Waals surface area (Å²) in [5, 5.41) is 6.46. The number of carbonyl (C=O) groups excluding carboxylic acids is 1. The molecule has 0 saturated carbocycles. The van der Waals surface area contributed by atoms with Gasteiger partial charge in [-0.15, -0.1) is 0 Å². The van der Waals surface area contributed by atoms with Gasteiger partial charge in [-0.25, -0.2) is 4.68 Å². The highest BCUT2D eigenvalue weighted by Gasteiger charge is 2.30. The fourth-order valence-electron chi connectivity index (χ4n) is 3.25. The quantitative estimate of drug-likeness (QED) is 0.473. The van der Waals surface area contributed by atoms with Gasteiger partial charge in [0.25, 0.3) is 5.91 Å². The first-order chi connectivity index (χ1) is 16.5. The lowest BCUT2D eigenvalue weighted by atomic mass is 10.1. The zero-order valence-corrected chi connectivity index (χ0v) is 18.5. The molecule has 7 nitrogen and oxygen atoms in total. The van der Waals surface area contributed by atoms with Crippen LogP contribution >= 0.6 is 0 Å². The Kier molecular flexibility index (Phi) is 7.72. The van der Waals surface area contributed by atoms with E-state index in [1.54, 1.807) is 6.07 Å². The van der Waals surface area contributed by atoms with Crippen LogP contribution in [0.2, 0.25) is 0 Å². The van der Waals surface area contributed by atoms with Crippen LogP contribution in [-0.4, -0.2) is 36.0 Å². The molecule has 0 atom stereocenters. The Morgan fingerprint density at radius 1 is 1.11 bits per heavy atom. The molecule has 0 aliphatic carbocycles. The minimum absolute atomic E-state index is 0.0117. The van der Waals surface area contributed by atoms with Crippen molar-refractivity contribution in [2.45, 2.75) is 26.1 Å². The highest BCUT2D eigenvalue weighted by atomic mass is 19.4. The Morgan fingerprint density at radius 3 is 2.51 bits per heavy atom. The molecule has 0 radical (unpaired) electrons. The summed E-state index contributed by atoms with van der Waals surface area (Å²) < 4.78 is 74.8. The van der Waals surface area contributed by atoms with Gasteiger partial charge in [-0.2, -0.15) is 27.1 Å². The second kappa shape index (κ2) is 10.5. The maximum absolute atomic E-state index is 13.1. The smallest absolute Gasteiger partial charge is 0.416 e. The molecule has 1 aromatic heterocycles. The number of carbonyl (C=O) groups is 1. The average molecular weight is 497 g/mol. The SMILES string of the molecule is COc1ccc(CCNC(=O)c2nn(-c3cccc(C(F)(F)F)c3)c(C)cc2=O)cc1OC(F)F. The fourth-order valence-corrected chi connectivity index (χ4v) is 3.25. The number of halogens is 5. The second-order valence-electron chi connectivity index (χ2n) is 7.33. The van der Waals surface area contributed by atoms with Crippen molar-refractivity contribution in [3.63, 3.8) is 0 Å². The van der Waals surface area contributed by atoms with E-state index in [0.717, 1.165) is 22.9 Å². The third-order valence-corrected chi connectivity index (χ3v) is 4.88. The average Bonchev–Trinajstić information content (AvgIpc) is 2.78. The topological polar surface area (TPSA) is 82.5 Å². The number of hydrogen-bond donors (Lipinski definition) is 1. The summed E-state index contributed by atoms with van der Waals surface area (Å²) in [6.07, 6.45) is -4.38. The van der Waals surface area contributed by atoms with E-state index in [1.165, 1.54) is 38.3 Å². The molecule has 1 heterocycles. The first-order valence-electron chi connectivity index (χ1n) is 10.2. The van der Waals surface area contributed by atoms with Crippen molar-refractivity contribution in [2.75, 3.05) is 13.7 Å². The van der Waals surface area contributed by atoms with Gasteiger partial charge in [0.15, 0.2) is 17.2 Å². The van der Waals surface area contributed by atoms with E-state index in [2.05, 4.69) is 15.2 Å². The number of benzene rings is 2. The number of amides is 1. The van der Waals surface area contributed by atoms with E-state index < -0.39 is 35.4 Å². The number of rotatable bonds is 8. The number of hydrogen-bond acceptors (Lipinski definition) is 5. The summed E-state index contributed by atoms with van der Waals surface area (Å²) >= 11 is 0. The predicted octanol–water partition coefficient (Wildman–Crippen LogP) is 4.14. The molecule has 3 aromatic rings. The van der Waals surface area contributed by atoms with Crippen LogP contribution in [0.4, 0.5) is 22.0 Å². The van der Waals surface area contributed by atoms with Gasteiger partial charge in [0.1, 0.15) is 0 Å². The second-order valence-corrected chi connectivity index (χ2v) is 7.33. The Balaban J connectivity index is 1.77. The number of alkyl halides is 5. The van der Waals surface area contributed by atoms with E-state index in [4.69, 9.17) is 4.74 Å². The van der Waals surface area contributed by atoms with Crippen molar-refractivity contribution in [3.8, 4) is 17.2 Å². The molecule has 0 unspecified atom stereocenters. The summed E-state index contributed by atoms with van der Waals surface area (Å²) in [7, 11) is 1.30. The Bertz CT molecular complexity index is 1270. The Labute approximate surface area is 196 Å². The standard InChI is InChI=1S/C23H20F5N3O4/c1-13-10-17(32)20(30-31(13)16-5-3-4-15(12-16)23(26,27)28)21(33)29-9-8-14-6-7-18(34-2)19(11-14)35-22(24)25/h3-7,10-12,22H,8-9H2,1-2H3,(H,29,33). The van der Waals surface area contributed by atoms with Crippen molar-refractivity contribution >= 4 is 5.91 Å². The number of ether oxygens (including phenoxy) is 2. The highest BCUT2D eigenvalue weighted by Crippen LogP contribution is 2.31. The van der Waals surface area contributed by atoms with Crippen LogP contribution in [0.25, 0.3) is 5.69 Å². The summed E-state index contributed by atoms with van der Waals surface area (Å²) in [6, 6.07) is 9.77. The fraction of sp³-hybridized carbons (Fsp3) is 0.261. The third kappa shape index (κ3) is 6.34. The van der Waals surface area contributed by atoms with Gasteiger partial charge in [0.05, 0.1) is 18.4 Å². The lowest BCUT2D eigenvalue weighted by molar-refractivity contribution is -0.137. The minimum atomic E-state index is -4.58. The molecule has 3 rings (SSSR count). The van der Waals surface area contributed by atoms with Gasteiger partial charge in [0, 0.05) is 18.3 Å². The number of nitrogens with one attached hydrogen (secondary N) is 1. The summed E-state index contributed by atoms with van der Waals surface area (Å²) in [5.41, 5.74) is -1.33. The summed E-state index contributed by atoms with van der Waals surface area (Å²) in [6.45, 7) is -1.57. The maximum atomic E-state index is 13.1. The lowest BCUT2D eigenvalue weighted by Gasteiger charge is -2.14. The highest BCUT2D eigenvalue weighted by molar-refractivity contribution is 5.92. The van der Waals surface area contributed by atoms with Gasteiger partial charge in [0.2, 0.25) is 5.43 Å². The van der Waals surface area contributed by atoms with Crippen LogP contribution in [-0.2, 0) is 12.6 Å². The van der Waals surface area contributed by atoms with Gasteiger partial charge in [-0.3, -0.25) is 9.59 Å². The molecule has 0 fully saturated rings. The number of methoxy groups -OCH3 is 1. The third-order valence-electron chi connectivity index (χ3n) is 4.88. The zero-order chi connectivity index (χ0) is 25.8. The molecule has 35 heavy (non-hydrogen) atoms. The summed E-state index contributed by atoms with van der Waals surface area (Å²) in [4.78, 5) is 24.9. The molecule has 1 N–H and O–H groups in total. The molecule has 186 valence electrons. The molecule has 0 saturated heterocycles. The first-order valence-corrected chi connectivity index (χ1v) is 10.2. The molecule has 0 aliphatic heterocycles. The number of nitrogens with zero attached hydrogens (tertiary/aromatic N) is 2. The lowest BCUT2D eigenvalue weighted by Crippen LogP contribution is -2.33. The van der Waals surface area contributed by atoms with Crippen LogP contribution in [0.1, 0.15) is 27.3 Å². The molecule has 0 bridgehead atoms. The number of aromatic nitrogens is 2. The van der Waals surface area contributed by atoms with Crippen molar-refractivity contribution in [2.24, 2.45) is 0 Å². The number of aryl methyl sites for hydroxylation is 1. The first kappa shape index (κ1) is 25.7. The van der Waals surface area contributed by atoms with E-state index in [0.29, 0.717) is 5.56 Å². The minimum Gasteiger partial charge on any atom is -0.493 e. The van der Waals surface area contributed by atoms with E-state index in [1.807, 2.05) is 0 Å². The molecule has 0 aliphatic rings. The monoisotopic (exact) mass is 497 g/mol. The van der Waals surface area contributed by atoms with Gasteiger partial charge >= 0.3 is 12.8 Å². The Morgan fingerprint density at radius 2 is 1.86 bits per heavy atom. The molecule has 0 spiro atoms. The van der Waals surface area contributed by atoms with Crippen LogP contribution < -0.4 is 20.2 Å². The van der Waals surface area contributed by atoms with Crippen LogP contribution in [0.15, 0.2) is 53.3 Å². The molecule has 1 amide bonds. The largest absolute Gasteiger partial charge is 0.493 e. The Hall–Kier alpha value is -3.96. The van der Waals surface area contributed by atoms with Gasteiger partial charge < -0.3 is 14.8 Å². The van der Waals surface area contributed by atoms with Crippen LogP contribution in [0.3, 0.4) is 0 Å². The van der Waals surface area contributed by atoms with Crippen molar-refractivity contribution in [1.82, 2.24) is 15.1 Å². The molecule has 2 aromatic carbocycles.